The summed E-state index contributed by atoms with van der Waals surface area (Å²) >= 11 is 13.4. The van der Waals surface area contributed by atoms with Crippen LogP contribution in [0.3, 0.4) is 0 Å². The number of fused-ring (bicyclic) bond motifs is 1. The predicted octanol–water partition coefficient (Wildman–Crippen LogP) is 6.10. The predicted molar refractivity (Wildman–Crippen MR) is 206 cm³/mol. The Balaban J connectivity index is 0.00000702. The Hall–Kier alpha value is -4.39. The zero-order chi connectivity index (χ0) is 36.2. The van der Waals surface area contributed by atoms with E-state index in [4.69, 9.17) is 42.4 Å². The third-order valence-corrected chi connectivity index (χ3v) is 8.67. The van der Waals surface area contributed by atoms with E-state index in [1.165, 1.54) is 11.0 Å². The monoisotopic (exact) mass is 757 g/mol. The zero-order valence-corrected chi connectivity index (χ0v) is 31.5. The van der Waals surface area contributed by atoms with E-state index in [2.05, 4.69) is 15.5 Å². The highest BCUT2D eigenvalue weighted by Crippen LogP contribution is 2.37. The Morgan fingerprint density at radius 2 is 1.63 bits per heavy atom. The summed E-state index contributed by atoms with van der Waals surface area (Å²) in [4.78, 5) is 45.6. The number of carbonyl (C=O) groups excluding carboxylic acids is 3. The molecule has 14 heteroatoms. The molecule has 0 radical (unpaired) electrons. The van der Waals surface area contributed by atoms with Gasteiger partial charge in [0.15, 0.2) is 0 Å². The normalized spacial score (nSPS) is 10.9. The number of anilines is 2. The summed E-state index contributed by atoms with van der Waals surface area (Å²) in [6.45, 7) is 4.12. The van der Waals surface area contributed by atoms with E-state index < -0.39 is 11.8 Å². The maximum atomic E-state index is 13.1. The van der Waals surface area contributed by atoms with Crippen LogP contribution in [0.5, 0.6) is 5.75 Å². The summed E-state index contributed by atoms with van der Waals surface area (Å²) in [5.74, 6) is -0.509. The van der Waals surface area contributed by atoms with Crippen LogP contribution in [-0.2, 0) is 25.7 Å². The smallest absolute Gasteiger partial charge is 0.251 e. The minimum atomic E-state index is -0.457. The standard InChI is InChI=1S/C37H41Cl2N5O6.ClH/c1-24-21-31(44(17-19-48-4)18-20-49-5)27-7-6-8-32(36(27)42-24)50-23-28-29(38)14-15-30(35(28)39)43(3)34(46)22-41-33(45)16-11-25-9-12-26(13-10-25)37(47)40-2;/h6-16,21H,17-20,22-23H2,1-5H3,(H,40,47)(H,41,45);1H/b16-11+;. The van der Waals surface area contributed by atoms with Crippen LogP contribution in [0.4, 0.5) is 11.4 Å². The van der Waals surface area contributed by atoms with Crippen molar-refractivity contribution in [1.29, 1.82) is 0 Å². The minimum absolute atomic E-state index is 0. The van der Waals surface area contributed by atoms with Gasteiger partial charge in [0.05, 0.1) is 30.5 Å². The molecule has 11 nitrogen and oxygen atoms in total. The van der Waals surface area contributed by atoms with Crippen LogP contribution in [0.1, 0.15) is 27.2 Å². The number of aryl methyl sites for hydroxylation is 1. The molecule has 0 unspecified atom stereocenters. The Morgan fingerprint density at radius 1 is 0.941 bits per heavy atom. The van der Waals surface area contributed by atoms with Crippen molar-refractivity contribution in [3.8, 4) is 5.75 Å². The molecule has 0 bridgehead atoms. The molecule has 0 aliphatic heterocycles. The molecule has 272 valence electrons. The Morgan fingerprint density at radius 3 is 2.27 bits per heavy atom. The number of nitrogens with one attached hydrogen (secondary N) is 2. The van der Waals surface area contributed by atoms with Crippen LogP contribution in [-0.4, -0.2) is 83.9 Å². The number of hydrogen-bond donors (Lipinski definition) is 2. The quantitative estimate of drug-likeness (QED) is 0.132. The molecule has 2 N–H and O–H groups in total. The van der Waals surface area contributed by atoms with Gasteiger partial charge in [-0.05, 0) is 55.0 Å². The average Bonchev–Trinajstić information content (AvgIpc) is 3.12. The molecule has 3 aromatic carbocycles. The lowest BCUT2D eigenvalue weighted by atomic mass is 10.1. The van der Waals surface area contributed by atoms with Crippen molar-refractivity contribution in [2.75, 3.05) is 71.0 Å². The van der Waals surface area contributed by atoms with Gasteiger partial charge in [0, 0.05) is 80.4 Å². The van der Waals surface area contributed by atoms with E-state index in [0.29, 0.717) is 59.4 Å². The highest BCUT2D eigenvalue weighted by Gasteiger charge is 2.20. The van der Waals surface area contributed by atoms with Gasteiger partial charge in [0.25, 0.3) is 5.91 Å². The minimum Gasteiger partial charge on any atom is -0.487 e. The lowest BCUT2D eigenvalue weighted by Crippen LogP contribution is -2.37. The summed E-state index contributed by atoms with van der Waals surface area (Å²) in [5, 5.41) is 6.67. The molecule has 0 saturated heterocycles. The molecule has 3 amide bonds. The second kappa shape index (κ2) is 19.9. The number of carbonyl (C=O) groups is 3. The fourth-order valence-electron chi connectivity index (χ4n) is 5.13. The van der Waals surface area contributed by atoms with E-state index in [1.54, 1.807) is 70.8 Å². The van der Waals surface area contributed by atoms with E-state index in [9.17, 15) is 14.4 Å². The summed E-state index contributed by atoms with van der Waals surface area (Å²) < 4.78 is 17.0. The first-order chi connectivity index (χ1) is 24.1. The van der Waals surface area contributed by atoms with Crippen molar-refractivity contribution in [1.82, 2.24) is 15.6 Å². The van der Waals surface area contributed by atoms with Crippen molar-refractivity contribution < 1.29 is 28.6 Å². The van der Waals surface area contributed by atoms with E-state index in [0.717, 1.165) is 22.3 Å². The number of methoxy groups -OCH3 is 2. The van der Waals surface area contributed by atoms with Gasteiger partial charge in [-0.2, -0.15) is 0 Å². The maximum absolute atomic E-state index is 13.1. The van der Waals surface area contributed by atoms with Crippen molar-refractivity contribution in [2.45, 2.75) is 13.5 Å². The Labute approximate surface area is 314 Å². The van der Waals surface area contributed by atoms with Gasteiger partial charge in [0.1, 0.15) is 17.9 Å². The number of nitrogens with zero attached hydrogens (tertiary/aromatic N) is 3. The highest BCUT2D eigenvalue weighted by atomic mass is 35.5. The largest absolute Gasteiger partial charge is 0.487 e. The van der Waals surface area contributed by atoms with E-state index >= 15 is 0 Å². The van der Waals surface area contributed by atoms with Gasteiger partial charge in [-0.15, -0.1) is 12.4 Å². The number of likely N-dealkylation sites (N-methyl/N-ethyl adjacent to an activating group) is 1. The van der Waals surface area contributed by atoms with Crippen LogP contribution < -0.4 is 25.2 Å². The molecule has 0 atom stereocenters. The highest BCUT2D eigenvalue weighted by molar-refractivity contribution is 6.38. The maximum Gasteiger partial charge on any atom is 0.251 e. The third kappa shape index (κ3) is 10.8. The van der Waals surface area contributed by atoms with Crippen LogP contribution >= 0.6 is 35.6 Å². The number of amides is 3. The molecule has 0 fully saturated rings. The van der Waals surface area contributed by atoms with Gasteiger partial charge in [-0.1, -0.05) is 47.5 Å². The lowest BCUT2D eigenvalue weighted by Gasteiger charge is -2.26. The molecule has 0 aliphatic carbocycles. The number of benzene rings is 3. The van der Waals surface area contributed by atoms with Crippen LogP contribution in [0.2, 0.25) is 10.0 Å². The fraction of sp³-hybridized carbons (Fsp3) is 0.297. The average molecular weight is 759 g/mol. The molecular formula is C37H42Cl3N5O6. The molecule has 0 saturated carbocycles. The molecule has 1 aromatic heterocycles. The summed E-state index contributed by atoms with van der Waals surface area (Å²) in [5.41, 5.74) is 4.62. The lowest BCUT2D eigenvalue weighted by molar-refractivity contribution is -0.122. The van der Waals surface area contributed by atoms with Gasteiger partial charge in [-0.25, -0.2) is 4.98 Å². The molecular weight excluding hydrogens is 717 g/mol. The van der Waals surface area contributed by atoms with Crippen LogP contribution in [0, 0.1) is 6.92 Å². The summed E-state index contributed by atoms with van der Waals surface area (Å²) in [7, 11) is 6.47. The topological polar surface area (TPSA) is 122 Å². The van der Waals surface area contributed by atoms with Crippen LogP contribution in [0.25, 0.3) is 17.0 Å². The number of ether oxygens (including phenoxy) is 3. The number of aromatic nitrogens is 1. The van der Waals surface area contributed by atoms with E-state index in [1.807, 2.05) is 31.2 Å². The number of rotatable bonds is 16. The van der Waals surface area contributed by atoms with Crippen molar-refractivity contribution >= 4 is 81.7 Å². The molecule has 4 rings (SSSR count). The molecule has 0 spiro atoms. The van der Waals surface area contributed by atoms with Crippen molar-refractivity contribution in [2.24, 2.45) is 0 Å². The van der Waals surface area contributed by atoms with Crippen molar-refractivity contribution in [3.63, 3.8) is 0 Å². The first-order valence-electron chi connectivity index (χ1n) is 15.8. The van der Waals surface area contributed by atoms with Gasteiger partial charge < -0.3 is 34.6 Å². The molecule has 51 heavy (non-hydrogen) atoms. The first-order valence-corrected chi connectivity index (χ1v) is 16.6. The fourth-order valence-corrected chi connectivity index (χ4v) is 5.73. The van der Waals surface area contributed by atoms with Gasteiger partial charge in [0.2, 0.25) is 11.8 Å². The third-order valence-electron chi connectivity index (χ3n) is 7.89. The van der Waals surface area contributed by atoms with Crippen molar-refractivity contribution in [3.05, 3.63) is 99.2 Å². The first kappa shape index (κ1) is 41.0. The molecule has 1 heterocycles. The molecule has 0 aliphatic rings. The SMILES string of the molecule is CNC(=O)c1ccc(/C=C/C(=O)NCC(=O)N(C)c2ccc(Cl)c(COc3cccc4c(N(CCOC)CCOC)cc(C)nc34)c2Cl)cc1.Cl. The van der Waals surface area contributed by atoms with Gasteiger partial charge >= 0.3 is 0 Å². The Bertz CT molecular complexity index is 1850. The number of hydrogen-bond acceptors (Lipinski definition) is 8. The summed E-state index contributed by atoms with van der Waals surface area (Å²) in [6.07, 6.45) is 2.90. The second-order valence-corrected chi connectivity index (χ2v) is 12.0. The number of para-hydroxylation sites is 1. The molecule has 4 aromatic rings. The van der Waals surface area contributed by atoms with E-state index in [-0.39, 0.29) is 36.5 Å². The van der Waals surface area contributed by atoms with Crippen LogP contribution in [0.15, 0.2) is 66.7 Å². The zero-order valence-electron chi connectivity index (χ0n) is 29.1. The number of pyridine rings is 1. The van der Waals surface area contributed by atoms with Gasteiger partial charge in [-0.3, -0.25) is 14.4 Å². The Kier molecular flexibility index (Phi) is 16.0. The number of halogens is 3. The second-order valence-electron chi connectivity index (χ2n) is 11.3. The summed E-state index contributed by atoms with van der Waals surface area (Å²) in [6, 6.07) is 17.8.